The first kappa shape index (κ1) is 31.2. The van der Waals surface area contributed by atoms with Gasteiger partial charge < -0.3 is 18.8 Å². The zero-order chi connectivity index (χ0) is 30.2. The van der Waals surface area contributed by atoms with Crippen molar-refractivity contribution in [2.24, 2.45) is 0 Å². The van der Waals surface area contributed by atoms with Crippen LogP contribution in [-0.4, -0.2) is 44.2 Å². The van der Waals surface area contributed by atoms with E-state index in [0.29, 0.717) is 22.9 Å². The lowest BCUT2D eigenvalue weighted by molar-refractivity contribution is -0.143. The van der Waals surface area contributed by atoms with Gasteiger partial charge in [-0.05, 0) is 70.8 Å². The Morgan fingerprint density at radius 1 is 0.756 bits per heavy atom. The fraction of sp³-hybridized carbons (Fsp3) is 0.241. The van der Waals surface area contributed by atoms with Crippen LogP contribution in [0.1, 0.15) is 25.0 Å². The number of esters is 2. The Bertz CT molecular complexity index is 1650. The Kier molecular flexibility index (Phi) is 10.2. The van der Waals surface area contributed by atoms with Crippen molar-refractivity contribution in [1.29, 1.82) is 0 Å². The molecule has 0 aromatic heterocycles. The molecule has 0 fully saturated rings. The van der Waals surface area contributed by atoms with Crippen molar-refractivity contribution in [2.75, 3.05) is 13.2 Å². The lowest BCUT2D eigenvalue weighted by Crippen LogP contribution is -2.28. The van der Waals surface area contributed by atoms with Gasteiger partial charge in [-0.3, -0.25) is 9.59 Å². The summed E-state index contributed by atoms with van der Waals surface area (Å²) in [5.74, 6) is -1.21. The zero-order valence-corrected chi connectivity index (χ0v) is 22.9. The standard InChI is InChI=1S/C15H13F3O5S.C14H14O3/c1-2-22-14(19)9-11-8-12(23-24(20,21)15(16,17)18)7-10-5-3-4-6-13(10)11;1-2-17-14(16)9-11-8-12(15)7-10-5-3-4-6-13(10)11/h3-8H,2,9H2,1H3;3-8,15H,2,9H2,1H3. The molecule has 4 aromatic rings. The number of ether oxygens (including phenoxy) is 2. The number of alkyl halides is 3. The van der Waals surface area contributed by atoms with Gasteiger partial charge in [0.1, 0.15) is 11.5 Å². The summed E-state index contributed by atoms with van der Waals surface area (Å²) >= 11 is 0. The topological polar surface area (TPSA) is 116 Å². The van der Waals surface area contributed by atoms with Crippen LogP contribution in [-0.2, 0) is 42.0 Å². The summed E-state index contributed by atoms with van der Waals surface area (Å²) < 4.78 is 73.6. The number of benzene rings is 4. The monoisotopic (exact) mass is 592 g/mol. The molecule has 0 saturated carbocycles. The SMILES string of the molecule is CCOC(=O)Cc1cc(O)cc2ccccc12.CCOC(=O)Cc1cc(OS(=O)(=O)C(F)(F)F)cc2ccccc12. The molecule has 0 bridgehead atoms. The number of aromatic hydroxyl groups is 1. The average molecular weight is 593 g/mol. The van der Waals surface area contributed by atoms with Gasteiger partial charge in [0.05, 0.1) is 26.1 Å². The first-order valence-electron chi connectivity index (χ1n) is 12.4. The lowest BCUT2D eigenvalue weighted by Gasteiger charge is -2.12. The second-order valence-electron chi connectivity index (χ2n) is 8.58. The normalized spacial score (nSPS) is 11.4. The van der Waals surface area contributed by atoms with E-state index in [1.165, 1.54) is 0 Å². The fourth-order valence-corrected chi connectivity index (χ4v) is 4.43. The molecule has 218 valence electrons. The molecule has 0 aliphatic rings. The van der Waals surface area contributed by atoms with Gasteiger partial charge in [-0.1, -0.05) is 48.5 Å². The first-order chi connectivity index (χ1) is 19.3. The molecule has 0 aliphatic heterocycles. The minimum atomic E-state index is -5.79. The van der Waals surface area contributed by atoms with Gasteiger partial charge in [0.2, 0.25) is 0 Å². The largest absolute Gasteiger partial charge is 0.534 e. The number of halogens is 3. The van der Waals surface area contributed by atoms with Gasteiger partial charge in [0.25, 0.3) is 0 Å². The summed E-state index contributed by atoms with van der Waals surface area (Å²) in [4.78, 5) is 23.1. The summed E-state index contributed by atoms with van der Waals surface area (Å²) in [7, 11) is -5.79. The van der Waals surface area contributed by atoms with Gasteiger partial charge in [-0.2, -0.15) is 21.6 Å². The second-order valence-corrected chi connectivity index (χ2v) is 10.1. The van der Waals surface area contributed by atoms with Crippen molar-refractivity contribution in [3.63, 3.8) is 0 Å². The number of fused-ring (bicyclic) bond motifs is 2. The number of hydrogen-bond acceptors (Lipinski definition) is 8. The predicted molar refractivity (Wildman–Crippen MR) is 146 cm³/mol. The molecule has 0 unspecified atom stereocenters. The minimum Gasteiger partial charge on any atom is -0.508 e. The molecule has 0 saturated heterocycles. The summed E-state index contributed by atoms with van der Waals surface area (Å²) in [6.07, 6.45) is -0.0413. The molecule has 12 heteroatoms. The van der Waals surface area contributed by atoms with Crippen LogP contribution in [0.5, 0.6) is 11.5 Å². The van der Waals surface area contributed by atoms with E-state index < -0.39 is 27.3 Å². The van der Waals surface area contributed by atoms with Crippen LogP contribution < -0.4 is 4.18 Å². The van der Waals surface area contributed by atoms with Crippen LogP contribution in [0.2, 0.25) is 0 Å². The van der Waals surface area contributed by atoms with Gasteiger partial charge in [0, 0.05) is 0 Å². The molecule has 0 amide bonds. The number of rotatable bonds is 8. The zero-order valence-electron chi connectivity index (χ0n) is 22.1. The third-order valence-corrected chi connectivity index (χ3v) is 6.60. The first-order valence-corrected chi connectivity index (χ1v) is 13.8. The summed E-state index contributed by atoms with van der Waals surface area (Å²) in [5.41, 5.74) is -4.45. The molecular formula is C29H27F3O8S. The Labute approximate surface area is 234 Å². The maximum atomic E-state index is 12.5. The predicted octanol–water partition coefficient (Wildman–Crippen LogP) is 5.82. The van der Waals surface area contributed by atoms with Crippen molar-refractivity contribution in [3.8, 4) is 11.5 Å². The van der Waals surface area contributed by atoms with Crippen LogP contribution in [0.3, 0.4) is 0 Å². The second kappa shape index (κ2) is 13.4. The Morgan fingerprint density at radius 3 is 1.71 bits per heavy atom. The van der Waals surface area contributed by atoms with Crippen LogP contribution in [0.4, 0.5) is 13.2 Å². The highest BCUT2D eigenvalue weighted by Gasteiger charge is 2.48. The fourth-order valence-electron chi connectivity index (χ4n) is 3.98. The number of phenols is 1. The van der Waals surface area contributed by atoms with E-state index in [1.54, 1.807) is 50.2 Å². The van der Waals surface area contributed by atoms with Crippen molar-refractivity contribution in [3.05, 3.63) is 83.9 Å². The highest BCUT2D eigenvalue weighted by Crippen LogP contribution is 2.31. The van der Waals surface area contributed by atoms with E-state index in [2.05, 4.69) is 4.18 Å². The molecule has 0 radical (unpaired) electrons. The Balaban J connectivity index is 0.000000239. The molecule has 4 aromatic carbocycles. The van der Waals surface area contributed by atoms with Crippen LogP contribution in [0.25, 0.3) is 21.5 Å². The smallest absolute Gasteiger partial charge is 0.508 e. The third kappa shape index (κ3) is 8.34. The minimum absolute atomic E-state index is 0.148. The molecule has 0 atom stereocenters. The van der Waals surface area contributed by atoms with Gasteiger partial charge in [-0.25, -0.2) is 0 Å². The molecule has 1 N–H and O–H groups in total. The van der Waals surface area contributed by atoms with E-state index >= 15 is 0 Å². The van der Waals surface area contributed by atoms with E-state index in [4.69, 9.17) is 9.47 Å². The van der Waals surface area contributed by atoms with Crippen LogP contribution >= 0.6 is 0 Å². The number of hydrogen-bond donors (Lipinski definition) is 1. The molecule has 0 aliphatic carbocycles. The number of carbonyl (C=O) groups is 2. The molecule has 0 heterocycles. The van der Waals surface area contributed by atoms with E-state index in [1.807, 2.05) is 24.3 Å². The molecule has 41 heavy (non-hydrogen) atoms. The summed E-state index contributed by atoms with van der Waals surface area (Å²) in [6, 6.07) is 19.7. The maximum absolute atomic E-state index is 12.5. The Hall–Kier alpha value is -4.32. The van der Waals surface area contributed by atoms with Crippen molar-refractivity contribution in [2.45, 2.75) is 32.2 Å². The number of phenolic OH excluding ortho intramolecular Hbond substituents is 1. The van der Waals surface area contributed by atoms with E-state index in [-0.39, 0.29) is 31.2 Å². The van der Waals surface area contributed by atoms with Gasteiger partial charge >= 0.3 is 27.6 Å². The quantitative estimate of drug-likeness (QED) is 0.155. The van der Waals surface area contributed by atoms with Crippen molar-refractivity contribution < 1.29 is 49.9 Å². The molecule has 8 nitrogen and oxygen atoms in total. The molecule has 4 rings (SSSR count). The summed E-state index contributed by atoms with van der Waals surface area (Å²) in [6.45, 7) is 3.91. The molecular weight excluding hydrogens is 565 g/mol. The third-order valence-electron chi connectivity index (χ3n) is 5.62. The van der Waals surface area contributed by atoms with Crippen LogP contribution in [0.15, 0.2) is 72.8 Å². The van der Waals surface area contributed by atoms with Gasteiger partial charge in [0.15, 0.2) is 0 Å². The van der Waals surface area contributed by atoms with Crippen molar-refractivity contribution in [1.82, 2.24) is 0 Å². The maximum Gasteiger partial charge on any atom is 0.534 e. The van der Waals surface area contributed by atoms with Gasteiger partial charge in [-0.15, -0.1) is 0 Å². The Morgan fingerprint density at radius 2 is 1.22 bits per heavy atom. The van der Waals surface area contributed by atoms with Crippen molar-refractivity contribution >= 4 is 43.6 Å². The number of carbonyl (C=O) groups excluding carboxylic acids is 2. The highest BCUT2D eigenvalue weighted by molar-refractivity contribution is 7.88. The average Bonchev–Trinajstić information content (AvgIpc) is 2.88. The van der Waals surface area contributed by atoms with E-state index in [0.717, 1.165) is 28.5 Å². The van der Waals surface area contributed by atoms with Crippen LogP contribution in [0, 0.1) is 0 Å². The highest BCUT2D eigenvalue weighted by atomic mass is 32.2. The summed E-state index contributed by atoms with van der Waals surface area (Å²) in [5, 5.41) is 12.5. The van der Waals surface area contributed by atoms with E-state index in [9.17, 15) is 36.3 Å². The molecule has 0 spiro atoms. The lowest BCUT2D eigenvalue weighted by atomic mass is 10.0.